The SMILES string of the molecule is CC(C)(C)c1ccc2c(c1)c1cc(C(C)(C)C)ccc1n2-c1cccc(-c2c3ccc(Br)cc3c(-c3cccc(-n4c5ccc(C(C)(C)C)cc5c5cc(C(C)(C)C)ccc54)c3)c3ccc(Br)cc23)c1. The first-order valence-electron chi connectivity index (χ1n) is 24.8. The molecule has 4 heteroatoms. The molecule has 0 atom stereocenters. The fourth-order valence-corrected chi connectivity index (χ4v) is 11.6. The molecule has 0 bridgehead atoms. The first kappa shape index (κ1) is 46.4. The predicted octanol–water partition coefficient (Wildman–Crippen LogP) is 20.2. The molecule has 11 rings (SSSR count). The van der Waals surface area contributed by atoms with E-state index in [1.54, 1.807) is 0 Å². The van der Waals surface area contributed by atoms with E-state index in [-0.39, 0.29) is 21.7 Å². The molecular formula is C66H62Br2N2. The minimum Gasteiger partial charge on any atom is -0.309 e. The van der Waals surface area contributed by atoms with Gasteiger partial charge in [0.15, 0.2) is 0 Å². The molecule has 350 valence electrons. The Balaban J connectivity index is 1.14. The number of hydrogen-bond acceptors (Lipinski definition) is 0. The second-order valence-electron chi connectivity index (χ2n) is 23.8. The minimum absolute atomic E-state index is 0.0288. The van der Waals surface area contributed by atoms with Crippen molar-refractivity contribution < 1.29 is 0 Å². The molecule has 0 aliphatic carbocycles. The van der Waals surface area contributed by atoms with Crippen molar-refractivity contribution in [2.24, 2.45) is 0 Å². The van der Waals surface area contributed by atoms with Crippen molar-refractivity contribution in [1.29, 1.82) is 0 Å². The van der Waals surface area contributed by atoms with Gasteiger partial charge in [-0.2, -0.15) is 0 Å². The summed E-state index contributed by atoms with van der Waals surface area (Å²) in [6.07, 6.45) is 0. The second kappa shape index (κ2) is 16.3. The van der Waals surface area contributed by atoms with Crippen molar-refractivity contribution in [1.82, 2.24) is 9.13 Å². The molecule has 0 aliphatic rings. The van der Waals surface area contributed by atoms with Gasteiger partial charge in [0.1, 0.15) is 0 Å². The lowest BCUT2D eigenvalue weighted by molar-refractivity contribution is 0.590. The van der Waals surface area contributed by atoms with Gasteiger partial charge in [-0.3, -0.25) is 0 Å². The highest BCUT2D eigenvalue weighted by Crippen LogP contribution is 2.47. The molecule has 0 spiro atoms. The van der Waals surface area contributed by atoms with Gasteiger partial charge in [0.25, 0.3) is 0 Å². The van der Waals surface area contributed by atoms with Gasteiger partial charge < -0.3 is 9.13 Å². The lowest BCUT2D eigenvalue weighted by Gasteiger charge is -2.20. The summed E-state index contributed by atoms with van der Waals surface area (Å²) < 4.78 is 7.06. The van der Waals surface area contributed by atoms with Crippen LogP contribution >= 0.6 is 31.9 Å². The Morgan fingerprint density at radius 1 is 0.286 bits per heavy atom. The second-order valence-corrected chi connectivity index (χ2v) is 25.7. The summed E-state index contributed by atoms with van der Waals surface area (Å²) in [6, 6.07) is 60.5. The summed E-state index contributed by atoms with van der Waals surface area (Å²) in [5.41, 5.74) is 17.4. The van der Waals surface area contributed by atoms with Crippen LogP contribution in [0.25, 0.3) is 98.8 Å². The molecule has 9 aromatic carbocycles. The Kier molecular flexibility index (Phi) is 10.8. The van der Waals surface area contributed by atoms with Crippen molar-refractivity contribution in [2.45, 2.75) is 105 Å². The Morgan fingerprint density at radius 2 is 0.586 bits per heavy atom. The molecule has 70 heavy (non-hydrogen) atoms. The first-order chi connectivity index (χ1) is 33.0. The fraction of sp³-hybridized carbons (Fsp3) is 0.242. The number of aromatic nitrogens is 2. The molecule has 2 nitrogen and oxygen atoms in total. The first-order valence-corrected chi connectivity index (χ1v) is 26.4. The zero-order valence-electron chi connectivity index (χ0n) is 42.7. The van der Waals surface area contributed by atoms with Crippen LogP contribution in [-0.2, 0) is 21.7 Å². The average Bonchev–Trinajstić information content (AvgIpc) is 3.81. The Labute approximate surface area is 430 Å². The number of halogens is 2. The number of benzene rings is 9. The van der Waals surface area contributed by atoms with Crippen LogP contribution < -0.4 is 0 Å². The molecule has 0 N–H and O–H groups in total. The van der Waals surface area contributed by atoms with Crippen LogP contribution in [0.3, 0.4) is 0 Å². The third-order valence-corrected chi connectivity index (χ3v) is 15.8. The van der Waals surface area contributed by atoms with Crippen LogP contribution in [0, 0.1) is 0 Å². The molecule has 0 fully saturated rings. The van der Waals surface area contributed by atoms with Gasteiger partial charge >= 0.3 is 0 Å². The minimum atomic E-state index is 0.0288. The van der Waals surface area contributed by atoms with Gasteiger partial charge in [-0.05, 0) is 185 Å². The third-order valence-electron chi connectivity index (χ3n) is 14.8. The van der Waals surface area contributed by atoms with Crippen LogP contribution in [0.2, 0.25) is 0 Å². The summed E-state index contributed by atoms with van der Waals surface area (Å²) in [4.78, 5) is 0. The average molecular weight is 1040 g/mol. The fourth-order valence-electron chi connectivity index (χ4n) is 10.9. The van der Waals surface area contributed by atoms with Gasteiger partial charge in [0.2, 0.25) is 0 Å². The molecule has 2 aromatic heterocycles. The molecule has 0 amide bonds. The highest BCUT2D eigenvalue weighted by Gasteiger charge is 2.25. The van der Waals surface area contributed by atoms with Crippen molar-refractivity contribution in [3.63, 3.8) is 0 Å². The Hall–Kier alpha value is -5.94. The molecule has 0 radical (unpaired) electrons. The number of hydrogen-bond donors (Lipinski definition) is 0. The van der Waals surface area contributed by atoms with E-state index in [1.807, 2.05) is 0 Å². The number of nitrogens with zero attached hydrogens (tertiary/aromatic N) is 2. The maximum absolute atomic E-state index is 3.94. The number of rotatable bonds is 4. The maximum Gasteiger partial charge on any atom is 0.0541 e. The Bertz CT molecular complexity index is 3540. The van der Waals surface area contributed by atoms with Crippen LogP contribution in [0.5, 0.6) is 0 Å². The summed E-state index contributed by atoms with van der Waals surface area (Å²) in [5, 5.41) is 9.99. The van der Waals surface area contributed by atoms with Crippen molar-refractivity contribution in [2.75, 3.05) is 0 Å². The van der Waals surface area contributed by atoms with Gasteiger partial charge in [-0.15, -0.1) is 0 Å². The quantitative estimate of drug-likeness (QED) is 0.156. The lowest BCUT2D eigenvalue weighted by Crippen LogP contribution is -2.10. The lowest BCUT2D eigenvalue weighted by atomic mass is 9.85. The highest BCUT2D eigenvalue weighted by molar-refractivity contribution is 9.10. The smallest absolute Gasteiger partial charge is 0.0541 e. The van der Waals surface area contributed by atoms with E-state index in [0.717, 1.165) is 20.3 Å². The predicted molar refractivity (Wildman–Crippen MR) is 311 cm³/mol. The van der Waals surface area contributed by atoms with E-state index in [2.05, 4.69) is 282 Å². The van der Waals surface area contributed by atoms with Crippen LogP contribution in [0.4, 0.5) is 0 Å². The van der Waals surface area contributed by atoms with E-state index < -0.39 is 0 Å². The molecule has 11 aromatic rings. The summed E-state index contributed by atoms with van der Waals surface area (Å²) in [7, 11) is 0. The zero-order valence-corrected chi connectivity index (χ0v) is 45.8. The van der Waals surface area contributed by atoms with Crippen LogP contribution in [-0.4, -0.2) is 9.13 Å². The van der Waals surface area contributed by atoms with Gasteiger partial charge in [-0.25, -0.2) is 0 Å². The molecule has 0 aliphatic heterocycles. The normalized spacial score (nSPS) is 13.0. The standard InChI is InChI=1S/C66H62Br2N2/c1-63(2,3)41-19-27-57-51(33-41)52-34-42(64(4,5)6)20-28-58(52)69(57)47-17-13-15-39(31-47)61-49-25-23-46(68)38-56(49)62(50-26-24-45(67)37-55(50)61)40-16-14-18-48(32-40)70-59-29-21-43(65(7,8)9)35-53(59)54-36-44(66(10,11)12)22-30-60(54)70/h13-38H,1-12H3. The van der Waals surface area contributed by atoms with E-state index in [1.165, 1.54) is 110 Å². The molecular weight excluding hydrogens is 981 g/mol. The van der Waals surface area contributed by atoms with E-state index in [4.69, 9.17) is 0 Å². The van der Waals surface area contributed by atoms with Crippen molar-refractivity contribution in [3.8, 4) is 33.6 Å². The van der Waals surface area contributed by atoms with Crippen LogP contribution in [0.15, 0.2) is 167 Å². The maximum atomic E-state index is 3.94. The molecule has 0 saturated heterocycles. The number of fused-ring (bicyclic) bond motifs is 8. The monoisotopic (exact) mass is 1040 g/mol. The summed E-state index contributed by atoms with van der Waals surface area (Å²) >= 11 is 7.88. The molecule has 2 heterocycles. The Morgan fingerprint density at radius 3 is 0.871 bits per heavy atom. The highest BCUT2D eigenvalue weighted by atomic mass is 79.9. The van der Waals surface area contributed by atoms with Gasteiger partial charge in [0, 0.05) is 41.9 Å². The van der Waals surface area contributed by atoms with Gasteiger partial charge in [-0.1, -0.05) is 176 Å². The third kappa shape index (κ3) is 7.82. The zero-order chi connectivity index (χ0) is 49.4. The molecule has 0 saturated carbocycles. The van der Waals surface area contributed by atoms with Crippen LogP contribution in [0.1, 0.15) is 105 Å². The largest absolute Gasteiger partial charge is 0.309 e. The van der Waals surface area contributed by atoms with E-state index in [9.17, 15) is 0 Å². The van der Waals surface area contributed by atoms with Crippen molar-refractivity contribution >= 4 is 97.0 Å². The summed E-state index contributed by atoms with van der Waals surface area (Å²) in [6.45, 7) is 27.7. The van der Waals surface area contributed by atoms with Crippen molar-refractivity contribution in [3.05, 3.63) is 189 Å². The molecule has 0 unspecified atom stereocenters. The van der Waals surface area contributed by atoms with E-state index in [0.29, 0.717) is 0 Å². The topological polar surface area (TPSA) is 9.86 Å². The van der Waals surface area contributed by atoms with E-state index >= 15 is 0 Å². The van der Waals surface area contributed by atoms with Gasteiger partial charge in [0.05, 0.1) is 22.1 Å². The summed E-state index contributed by atoms with van der Waals surface area (Å²) in [5.74, 6) is 0.